The SMILES string of the molecule is CCCC1(C(=O)O)CCCN1C(=O)NCC1COCCO1. The molecule has 7 nitrogen and oxygen atoms in total. The molecular formula is C14H24N2O5. The maximum absolute atomic E-state index is 12.3. The predicted octanol–water partition coefficient (Wildman–Crippen LogP) is 0.831. The second-order valence-electron chi connectivity index (χ2n) is 5.60. The summed E-state index contributed by atoms with van der Waals surface area (Å²) in [7, 11) is 0. The molecule has 120 valence electrons. The van der Waals surface area contributed by atoms with Crippen LogP contribution in [0.3, 0.4) is 0 Å². The van der Waals surface area contributed by atoms with Gasteiger partial charge in [0.2, 0.25) is 0 Å². The molecule has 0 aromatic heterocycles. The Bertz CT molecular complexity index is 384. The molecule has 2 unspecified atom stereocenters. The molecule has 2 saturated heterocycles. The summed E-state index contributed by atoms with van der Waals surface area (Å²) in [5, 5.41) is 12.3. The molecule has 7 heteroatoms. The van der Waals surface area contributed by atoms with Crippen molar-refractivity contribution in [1.29, 1.82) is 0 Å². The number of aliphatic carboxylic acids is 1. The Morgan fingerprint density at radius 3 is 2.86 bits per heavy atom. The van der Waals surface area contributed by atoms with Crippen LogP contribution in [0.5, 0.6) is 0 Å². The summed E-state index contributed by atoms with van der Waals surface area (Å²) in [6, 6.07) is -0.322. The Hall–Kier alpha value is -1.34. The number of carboxylic acid groups (broad SMARTS) is 1. The van der Waals surface area contributed by atoms with Gasteiger partial charge in [-0.25, -0.2) is 9.59 Å². The van der Waals surface area contributed by atoms with Gasteiger partial charge >= 0.3 is 12.0 Å². The highest BCUT2D eigenvalue weighted by Gasteiger charge is 2.49. The van der Waals surface area contributed by atoms with E-state index in [0.29, 0.717) is 45.8 Å². The van der Waals surface area contributed by atoms with Gasteiger partial charge in [0.25, 0.3) is 0 Å². The van der Waals surface area contributed by atoms with Gasteiger partial charge in [-0.2, -0.15) is 0 Å². The molecule has 21 heavy (non-hydrogen) atoms. The van der Waals surface area contributed by atoms with E-state index in [0.717, 1.165) is 12.8 Å². The molecule has 2 fully saturated rings. The highest BCUT2D eigenvalue weighted by atomic mass is 16.6. The Morgan fingerprint density at radius 2 is 2.24 bits per heavy atom. The van der Waals surface area contributed by atoms with Crippen LogP contribution < -0.4 is 5.32 Å². The number of ether oxygens (including phenoxy) is 2. The summed E-state index contributed by atoms with van der Waals surface area (Å²) in [6.45, 7) is 4.33. The first kappa shape index (κ1) is 16.0. The third-order valence-corrected chi connectivity index (χ3v) is 4.16. The lowest BCUT2D eigenvalue weighted by Crippen LogP contribution is -2.57. The van der Waals surface area contributed by atoms with E-state index in [4.69, 9.17) is 9.47 Å². The molecule has 2 aliphatic heterocycles. The maximum Gasteiger partial charge on any atom is 0.329 e. The smallest absolute Gasteiger partial charge is 0.329 e. The maximum atomic E-state index is 12.3. The fourth-order valence-corrected chi connectivity index (χ4v) is 3.13. The summed E-state index contributed by atoms with van der Waals surface area (Å²) in [6.07, 6.45) is 2.31. The number of carbonyl (C=O) groups is 2. The molecule has 0 radical (unpaired) electrons. The van der Waals surface area contributed by atoms with Gasteiger partial charge in [-0.05, 0) is 19.3 Å². The van der Waals surface area contributed by atoms with Crippen molar-refractivity contribution in [3.63, 3.8) is 0 Å². The summed E-state index contributed by atoms with van der Waals surface area (Å²) in [4.78, 5) is 25.5. The Balaban J connectivity index is 1.94. The predicted molar refractivity (Wildman–Crippen MR) is 75.2 cm³/mol. The topological polar surface area (TPSA) is 88.1 Å². The average molecular weight is 300 g/mol. The molecule has 0 aromatic carbocycles. The van der Waals surface area contributed by atoms with Gasteiger partial charge < -0.3 is 24.8 Å². The number of amides is 2. The molecule has 2 heterocycles. The quantitative estimate of drug-likeness (QED) is 0.785. The van der Waals surface area contributed by atoms with Crippen molar-refractivity contribution in [3.05, 3.63) is 0 Å². The van der Waals surface area contributed by atoms with Gasteiger partial charge in [0.15, 0.2) is 0 Å². The third kappa shape index (κ3) is 3.47. The third-order valence-electron chi connectivity index (χ3n) is 4.16. The summed E-state index contributed by atoms with van der Waals surface area (Å²) in [5.41, 5.74) is -1.05. The van der Waals surface area contributed by atoms with E-state index in [1.54, 1.807) is 0 Å². The number of hydrogen-bond donors (Lipinski definition) is 2. The Kier molecular flexibility index (Phi) is 5.41. The Morgan fingerprint density at radius 1 is 1.43 bits per heavy atom. The second kappa shape index (κ2) is 7.09. The van der Waals surface area contributed by atoms with E-state index in [1.807, 2.05) is 6.92 Å². The van der Waals surface area contributed by atoms with Gasteiger partial charge in [0, 0.05) is 13.1 Å². The van der Waals surface area contributed by atoms with Gasteiger partial charge in [-0.15, -0.1) is 0 Å². The number of rotatable bonds is 5. The largest absolute Gasteiger partial charge is 0.479 e. The molecular weight excluding hydrogens is 276 g/mol. The van der Waals surface area contributed by atoms with E-state index >= 15 is 0 Å². The van der Waals surface area contributed by atoms with Crippen LogP contribution in [0.15, 0.2) is 0 Å². The summed E-state index contributed by atoms with van der Waals surface area (Å²) >= 11 is 0. The first-order chi connectivity index (χ1) is 10.1. The molecule has 0 aliphatic carbocycles. The van der Waals surface area contributed by atoms with E-state index in [9.17, 15) is 14.7 Å². The molecule has 0 aromatic rings. The molecule has 2 rings (SSSR count). The summed E-state index contributed by atoms with van der Waals surface area (Å²) in [5.74, 6) is -0.908. The van der Waals surface area contributed by atoms with Crippen molar-refractivity contribution in [2.24, 2.45) is 0 Å². The lowest BCUT2D eigenvalue weighted by atomic mass is 9.91. The summed E-state index contributed by atoms with van der Waals surface area (Å²) < 4.78 is 10.7. The van der Waals surface area contributed by atoms with Crippen LogP contribution in [0, 0.1) is 0 Å². The van der Waals surface area contributed by atoms with Crippen molar-refractivity contribution in [1.82, 2.24) is 10.2 Å². The molecule has 2 atom stereocenters. The normalized spacial score (nSPS) is 29.4. The van der Waals surface area contributed by atoms with Crippen molar-refractivity contribution >= 4 is 12.0 Å². The van der Waals surface area contributed by atoms with Crippen molar-refractivity contribution in [3.8, 4) is 0 Å². The first-order valence-electron chi connectivity index (χ1n) is 7.58. The van der Waals surface area contributed by atoms with E-state index < -0.39 is 11.5 Å². The van der Waals surface area contributed by atoms with Crippen LogP contribution in [-0.4, -0.2) is 66.6 Å². The van der Waals surface area contributed by atoms with Crippen molar-refractivity contribution < 1.29 is 24.2 Å². The zero-order valence-corrected chi connectivity index (χ0v) is 12.5. The fourth-order valence-electron chi connectivity index (χ4n) is 3.13. The lowest BCUT2D eigenvalue weighted by Gasteiger charge is -2.35. The zero-order valence-electron chi connectivity index (χ0n) is 12.5. The second-order valence-corrected chi connectivity index (χ2v) is 5.60. The van der Waals surface area contributed by atoms with Crippen molar-refractivity contribution in [2.75, 3.05) is 32.9 Å². The van der Waals surface area contributed by atoms with Crippen molar-refractivity contribution in [2.45, 2.75) is 44.2 Å². The number of urea groups is 1. The van der Waals surface area contributed by atoms with Crippen LogP contribution in [0.25, 0.3) is 0 Å². The standard InChI is InChI=1S/C14H24N2O5/c1-2-4-14(12(17)18)5-3-6-16(14)13(19)15-9-11-10-20-7-8-21-11/h11H,2-10H2,1H3,(H,15,19)(H,17,18). The van der Waals surface area contributed by atoms with Crippen LogP contribution in [0.1, 0.15) is 32.6 Å². The molecule has 2 aliphatic rings. The van der Waals surface area contributed by atoms with Gasteiger partial charge in [0.05, 0.1) is 25.9 Å². The molecule has 0 bridgehead atoms. The molecule has 0 saturated carbocycles. The fraction of sp³-hybridized carbons (Fsp3) is 0.857. The Labute approximate surface area is 124 Å². The number of carboxylic acids is 1. The molecule has 2 N–H and O–H groups in total. The highest BCUT2D eigenvalue weighted by Crippen LogP contribution is 2.34. The monoisotopic (exact) mass is 300 g/mol. The van der Waals surface area contributed by atoms with Gasteiger partial charge in [0.1, 0.15) is 5.54 Å². The first-order valence-corrected chi connectivity index (χ1v) is 7.58. The van der Waals surface area contributed by atoms with Crippen LogP contribution in [0.2, 0.25) is 0 Å². The number of likely N-dealkylation sites (tertiary alicyclic amines) is 1. The highest BCUT2D eigenvalue weighted by molar-refractivity contribution is 5.87. The zero-order chi connectivity index (χ0) is 15.3. The molecule has 0 spiro atoms. The van der Waals surface area contributed by atoms with Crippen LogP contribution in [-0.2, 0) is 14.3 Å². The van der Waals surface area contributed by atoms with E-state index in [2.05, 4.69) is 5.32 Å². The number of carbonyl (C=O) groups excluding carboxylic acids is 1. The lowest BCUT2D eigenvalue weighted by molar-refractivity contribution is -0.148. The van der Waals surface area contributed by atoms with Gasteiger partial charge in [-0.1, -0.05) is 13.3 Å². The molecule has 2 amide bonds. The van der Waals surface area contributed by atoms with Gasteiger partial charge in [-0.3, -0.25) is 0 Å². The van der Waals surface area contributed by atoms with Crippen LogP contribution in [0.4, 0.5) is 4.79 Å². The number of hydrogen-bond acceptors (Lipinski definition) is 4. The van der Waals surface area contributed by atoms with E-state index in [-0.39, 0.29) is 12.1 Å². The minimum atomic E-state index is -1.05. The van der Waals surface area contributed by atoms with E-state index in [1.165, 1.54) is 4.90 Å². The number of nitrogens with one attached hydrogen (secondary N) is 1. The minimum Gasteiger partial charge on any atom is -0.479 e. The average Bonchev–Trinajstić information content (AvgIpc) is 2.91. The minimum absolute atomic E-state index is 0.157. The van der Waals surface area contributed by atoms with Crippen LogP contribution >= 0.6 is 0 Å². The number of nitrogens with zero attached hydrogens (tertiary/aromatic N) is 1.